The third-order valence-corrected chi connectivity index (χ3v) is 3.77. The molecule has 2 rings (SSSR count). The summed E-state index contributed by atoms with van der Waals surface area (Å²) in [7, 11) is 0. The predicted molar refractivity (Wildman–Crippen MR) is 57.2 cm³/mol. The average molecular weight is 195 g/mol. The first-order valence-corrected chi connectivity index (χ1v) is 6.09. The van der Waals surface area contributed by atoms with Gasteiger partial charge in [-0.25, -0.2) is 0 Å². The Morgan fingerprint density at radius 3 is 2.64 bits per heavy atom. The van der Waals surface area contributed by atoms with E-state index in [2.05, 4.69) is 5.32 Å². The van der Waals surface area contributed by atoms with E-state index in [-0.39, 0.29) is 0 Å². The van der Waals surface area contributed by atoms with Crippen molar-refractivity contribution in [1.82, 2.24) is 5.32 Å². The highest BCUT2D eigenvalue weighted by Crippen LogP contribution is 2.27. The van der Waals surface area contributed by atoms with Crippen molar-refractivity contribution in [2.45, 2.75) is 44.9 Å². The molecule has 2 fully saturated rings. The van der Waals surface area contributed by atoms with Crippen molar-refractivity contribution in [3.63, 3.8) is 0 Å². The van der Waals surface area contributed by atoms with Crippen molar-refractivity contribution in [1.29, 1.82) is 0 Å². The predicted octanol–water partition coefficient (Wildman–Crippen LogP) is 2.14. The average Bonchev–Trinajstić information content (AvgIpc) is 2.87. The minimum absolute atomic E-state index is 0.435. The second-order valence-corrected chi connectivity index (χ2v) is 4.85. The minimum Gasteiger partial charge on any atom is -0.316 e. The van der Waals surface area contributed by atoms with Gasteiger partial charge in [-0.15, -0.1) is 0 Å². The fourth-order valence-corrected chi connectivity index (χ4v) is 2.76. The van der Waals surface area contributed by atoms with Crippen molar-refractivity contribution < 1.29 is 4.79 Å². The van der Waals surface area contributed by atoms with Gasteiger partial charge in [-0.1, -0.05) is 12.8 Å². The van der Waals surface area contributed by atoms with E-state index in [9.17, 15) is 4.79 Å². The molecular weight excluding hydrogens is 174 g/mol. The Hall–Kier alpha value is -0.370. The van der Waals surface area contributed by atoms with Crippen LogP contribution in [0.25, 0.3) is 0 Å². The van der Waals surface area contributed by atoms with E-state index in [1.54, 1.807) is 0 Å². The van der Waals surface area contributed by atoms with E-state index in [0.29, 0.717) is 11.7 Å². The molecule has 0 amide bonds. The quantitative estimate of drug-likeness (QED) is 0.744. The summed E-state index contributed by atoms with van der Waals surface area (Å²) in [6, 6.07) is 0. The molecule has 1 saturated carbocycles. The van der Waals surface area contributed by atoms with Crippen LogP contribution in [0.4, 0.5) is 0 Å². The van der Waals surface area contributed by atoms with Crippen LogP contribution in [0.3, 0.4) is 0 Å². The summed E-state index contributed by atoms with van der Waals surface area (Å²) in [6.45, 7) is 2.29. The van der Waals surface area contributed by atoms with Gasteiger partial charge in [0.2, 0.25) is 0 Å². The molecule has 1 aliphatic carbocycles. The number of carbonyl (C=O) groups is 1. The maximum absolute atomic E-state index is 11.8. The molecule has 1 N–H and O–H groups in total. The number of hydrogen-bond donors (Lipinski definition) is 1. The molecule has 1 saturated heterocycles. The van der Waals surface area contributed by atoms with Crippen molar-refractivity contribution in [3.05, 3.63) is 0 Å². The van der Waals surface area contributed by atoms with Crippen LogP contribution < -0.4 is 5.32 Å². The molecule has 0 spiro atoms. The summed E-state index contributed by atoms with van der Waals surface area (Å²) in [5, 5.41) is 3.35. The van der Waals surface area contributed by atoms with Gasteiger partial charge in [0.1, 0.15) is 5.78 Å². The third kappa shape index (κ3) is 2.57. The monoisotopic (exact) mass is 195 g/mol. The number of hydrogen-bond acceptors (Lipinski definition) is 2. The van der Waals surface area contributed by atoms with Crippen LogP contribution in [0.15, 0.2) is 0 Å². The lowest BCUT2D eigenvalue weighted by Crippen LogP contribution is -2.14. The Morgan fingerprint density at radius 2 is 2.00 bits per heavy atom. The number of nitrogens with one attached hydrogen (secondary N) is 1. The molecule has 1 heterocycles. The zero-order chi connectivity index (χ0) is 9.80. The molecule has 2 aliphatic rings. The van der Waals surface area contributed by atoms with Gasteiger partial charge < -0.3 is 5.32 Å². The summed E-state index contributed by atoms with van der Waals surface area (Å²) in [6.07, 6.45) is 8.14. The van der Waals surface area contributed by atoms with E-state index in [1.165, 1.54) is 32.1 Å². The number of Topliss-reactive ketones (excluding diaryl/α,β-unsaturated/α-hetero) is 1. The highest BCUT2D eigenvalue weighted by Gasteiger charge is 2.23. The van der Waals surface area contributed by atoms with Crippen LogP contribution in [0.1, 0.15) is 44.9 Å². The van der Waals surface area contributed by atoms with Gasteiger partial charge in [0.25, 0.3) is 0 Å². The van der Waals surface area contributed by atoms with Gasteiger partial charge in [0.05, 0.1) is 0 Å². The highest BCUT2D eigenvalue weighted by atomic mass is 16.1. The van der Waals surface area contributed by atoms with Crippen molar-refractivity contribution >= 4 is 5.78 Å². The molecule has 1 atom stereocenters. The van der Waals surface area contributed by atoms with Gasteiger partial charge in [-0.2, -0.15) is 0 Å². The van der Waals surface area contributed by atoms with Gasteiger partial charge in [-0.3, -0.25) is 4.79 Å². The molecule has 0 aromatic heterocycles. The second kappa shape index (κ2) is 4.92. The lowest BCUT2D eigenvalue weighted by Gasteiger charge is -2.10. The number of rotatable bonds is 4. The molecule has 0 aromatic carbocycles. The zero-order valence-corrected chi connectivity index (χ0v) is 8.93. The SMILES string of the molecule is O=C(CCC1CCNC1)C1CCCC1. The largest absolute Gasteiger partial charge is 0.316 e. The van der Waals surface area contributed by atoms with Crippen molar-refractivity contribution in [2.75, 3.05) is 13.1 Å². The van der Waals surface area contributed by atoms with E-state index in [1.807, 2.05) is 0 Å². The Labute approximate surface area is 86.5 Å². The van der Waals surface area contributed by atoms with Crippen LogP contribution in [0, 0.1) is 11.8 Å². The van der Waals surface area contributed by atoms with Crippen LogP contribution in [-0.2, 0) is 4.79 Å². The van der Waals surface area contributed by atoms with E-state index in [4.69, 9.17) is 0 Å². The van der Waals surface area contributed by atoms with Gasteiger partial charge >= 0.3 is 0 Å². The molecule has 2 nitrogen and oxygen atoms in total. The fraction of sp³-hybridized carbons (Fsp3) is 0.917. The summed E-state index contributed by atoms with van der Waals surface area (Å²) in [5.41, 5.74) is 0. The standard InChI is InChI=1S/C12H21NO/c14-12(11-3-1-2-4-11)6-5-10-7-8-13-9-10/h10-11,13H,1-9H2. The molecule has 2 heteroatoms. The van der Waals surface area contributed by atoms with Crippen LogP contribution in [0.2, 0.25) is 0 Å². The van der Waals surface area contributed by atoms with Crippen LogP contribution in [0.5, 0.6) is 0 Å². The van der Waals surface area contributed by atoms with E-state index in [0.717, 1.165) is 31.8 Å². The molecule has 1 unspecified atom stereocenters. The summed E-state index contributed by atoms with van der Waals surface area (Å²) in [4.78, 5) is 11.8. The van der Waals surface area contributed by atoms with Crippen LogP contribution in [-0.4, -0.2) is 18.9 Å². The van der Waals surface area contributed by atoms with Gasteiger partial charge in [-0.05, 0) is 44.7 Å². The van der Waals surface area contributed by atoms with Crippen molar-refractivity contribution in [2.24, 2.45) is 11.8 Å². The minimum atomic E-state index is 0.435. The van der Waals surface area contributed by atoms with E-state index >= 15 is 0 Å². The summed E-state index contributed by atoms with van der Waals surface area (Å²) in [5.74, 6) is 1.76. The fourth-order valence-electron chi connectivity index (χ4n) is 2.76. The van der Waals surface area contributed by atoms with Crippen LogP contribution >= 0.6 is 0 Å². The number of carbonyl (C=O) groups excluding carboxylic acids is 1. The molecule has 0 aromatic rings. The summed E-state index contributed by atoms with van der Waals surface area (Å²) >= 11 is 0. The highest BCUT2D eigenvalue weighted by molar-refractivity contribution is 5.81. The van der Waals surface area contributed by atoms with Gasteiger partial charge in [0.15, 0.2) is 0 Å². The smallest absolute Gasteiger partial charge is 0.135 e. The summed E-state index contributed by atoms with van der Waals surface area (Å²) < 4.78 is 0. The molecule has 0 radical (unpaired) electrons. The lowest BCUT2D eigenvalue weighted by molar-refractivity contribution is -0.122. The first-order valence-electron chi connectivity index (χ1n) is 6.09. The van der Waals surface area contributed by atoms with Gasteiger partial charge in [0, 0.05) is 12.3 Å². The third-order valence-electron chi connectivity index (χ3n) is 3.77. The first kappa shape index (κ1) is 10.2. The normalized spacial score (nSPS) is 28.4. The maximum atomic E-state index is 11.8. The zero-order valence-electron chi connectivity index (χ0n) is 8.93. The first-order chi connectivity index (χ1) is 6.86. The number of ketones is 1. The molecule has 80 valence electrons. The maximum Gasteiger partial charge on any atom is 0.135 e. The molecule has 0 bridgehead atoms. The Balaban J connectivity index is 1.66. The van der Waals surface area contributed by atoms with Crippen molar-refractivity contribution in [3.8, 4) is 0 Å². The second-order valence-electron chi connectivity index (χ2n) is 4.85. The molecular formula is C12H21NO. The molecule has 14 heavy (non-hydrogen) atoms. The lowest BCUT2D eigenvalue weighted by atomic mass is 9.94. The molecule has 1 aliphatic heterocycles. The Bertz CT molecular complexity index is 190. The topological polar surface area (TPSA) is 29.1 Å². The Morgan fingerprint density at radius 1 is 1.21 bits per heavy atom. The van der Waals surface area contributed by atoms with E-state index < -0.39 is 0 Å². The Kier molecular flexibility index (Phi) is 3.57.